The van der Waals surface area contributed by atoms with E-state index >= 15 is 0 Å². The number of rotatable bonds is 3. The first kappa shape index (κ1) is 16.8. The summed E-state index contributed by atoms with van der Waals surface area (Å²) in [7, 11) is 0. The fourth-order valence-corrected chi connectivity index (χ4v) is 3.55. The molecule has 1 aliphatic carbocycles. The van der Waals surface area contributed by atoms with E-state index in [1.54, 1.807) is 12.1 Å². The molecule has 1 saturated carbocycles. The molecule has 2 fully saturated rings. The summed E-state index contributed by atoms with van der Waals surface area (Å²) in [4.78, 5) is 26.5. The number of amides is 3. The van der Waals surface area contributed by atoms with Crippen molar-refractivity contribution in [3.05, 3.63) is 30.3 Å². The first-order chi connectivity index (χ1) is 11.6. The molecule has 0 spiro atoms. The van der Waals surface area contributed by atoms with Crippen LogP contribution < -0.4 is 10.6 Å². The summed E-state index contributed by atoms with van der Waals surface area (Å²) in [6, 6.07) is 8.37. The molecule has 3 amide bonds. The zero-order chi connectivity index (χ0) is 16.9. The highest BCUT2D eigenvalue weighted by Crippen LogP contribution is 2.22. The van der Waals surface area contributed by atoms with Crippen LogP contribution in [-0.2, 0) is 4.79 Å². The van der Waals surface area contributed by atoms with Crippen LogP contribution in [0.1, 0.15) is 38.5 Å². The van der Waals surface area contributed by atoms with E-state index in [2.05, 4.69) is 10.6 Å². The van der Waals surface area contributed by atoms with Crippen LogP contribution in [-0.4, -0.2) is 46.7 Å². The van der Waals surface area contributed by atoms with Gasteiger partial charge in [-0.15, -0.1) is 0 Å². The number of hydrogen-bond acceptors (Lipinski definition) is 3. The second-order valence-electron chi connectivity index (χ2n) is 6.70. The van der Waals surface area contributed by atoms with E-state index in [9.17, 15) is 14.7 Å². The molecule has 2 atom stereocenters. The predicted molar refractivity (Wildman–Crippen MR) is 91.6 cm³/mol. The summed E-state index contributed by atoms with van der Waals surface area (Å²) >= 11 is 0. The molecule has 1 aromatic rings. The van der Waals surface area contributed by atoms with Crippen molar-refractivity contribution < 1.29 is 14.7 Å². The summed E-state index contributed by atoms with van der Waals surface area (Å²) in [6.07, 6.45) is 5.12. The molecule has 1 heterocycles. The standard InChI is InChI=1S/C18H25N3O3/c22-15-11-16(17(23)19-13-7-3-1-4-8-13)21(12-15)18(24)20-14-9-5-2-6-10-14/h2,5-6,9-10,13,15-16,22H,1,3-4,7-8,11-12H2,(H,19,23)(H,20,24)/t15-,16-/m1/s1. The van der Waals surface area contributed by atoms with Crippen LogP contribution in [0.4, 0.5) is 10.5 Å². The molecule has 0 bridgehead atoms. The van der Waals surface area contributed by atoms with Gasteiger partial charge in [-0.1, -0.05) is 37.5 Å². The summed E-state index contributed by atoms with van der Waals surface area (Å²) in [5.74, 6) is -0.151. The Morgan fingerprint density at radius 3 is 2.50 bits per heavy atom. The van der Waals surface area contributed by atoms with Crippen LogP contribution >= 0.6 is 0 Å². The maximum absolute atomic E-state index is 12.6. The molecule has 1 saturated heterocycles. The average Bonchev–Trinajstić information content (AvgIpc) is 2.99. The van der Waals surface area contributed by atoms with Crippen molar-refractivity contribution in [3.8, 4) is 0 Å². The van der Waals surface area contributed by atoms with Gasteiger partial charge in [0.15, 0.2) is 0 Å². The highest BCUT2D eigenvalue weighted by Gasteiger charge is 2.39. The van der Waals surface area contributed by atoms with Gasteiger partial charge in [0.2, 0.25) is 5.91 Å². The van der Waals surface area contributed by atoms with Crippen molar-refractivity contribution in [2.75, 3.05) is 11.9 Å². The lowest BCUT2D eigenvalue weighted by molar-refractivity contribution is -0.125. The van der Waals surface area contributed by atoms with Gasteiger partial charge in [-0.2, -0.15) is 0 Å². The van der Waals surface area contributed by atoms with Crippen molar-refractivity contribution in [1.82, 2.24) is 10.2 Å². The largest absolute Gasteiger partial charge is 0.391 e. The molecule has 6 heteroatoms. The first-order valence-corrected chi connectivity index (χ1v) is 8.74. The maximum atomic E-state index is 12.6. The van der Waals surface area contributed by atoms with E-state index in [-0.39, 0.29) is 24.5 Å². The summed E-state index contributed by atoms with van der Waals surface area (Å²) < 4.78 is 0. The molecular weight excluding hydrogens is 306 g/mol. The number of carbonyl (C=O) groups excluding carboxylic acids is 2. The topological polar surface area (TPSA) is 81.7 Å². The Morgan fingerprint density at radius 1 is 1.08 bits per heavy atom. The van der Waals surface area contributed by atoms with Crippen LogP contribution in [0.5, 0.6) is 0 Å². The minimum Gasteiger partial charge on any atom is -0.391 e. The van der Waals surface area contributed by atoms with E-state index in [1.807, 2.05) is 18.2 Å². The molecule has 24 heavy (non-hydrogen) atoms. The molecule has 0 radical (unpaired) electrons. The third-order valence-electron chi connectivity index (χ3n) is 4.82. The number of carbonyl (C=O) groups is 2. The van der Waals surface area contributed by atoms with Gasteiger partial charge in [-0.05, 0) is 25.0 Å². The van der Waals surface area contributed by atoms with Crippen molar-refractivity contribution >= 4 is 17.6 Å². The number of β-amino-alcohol motifs (C(OH)–C–C–N with tert-alkyl or cyclic N) is 1. The second kappa shape index (κ2) is 7.66. The van der Waals surface area contributed by atoms with E-state index < -0.39 is 12.1 Å². The molecule has 130 valence electrons. The lowest BCUT2D eigenvalue weighted by Crippen LogP contribution is -2.50. The fraction of sp³-hybridized carbons (Fsp3) is 0.556. The van der Waals surface area contributed by atoms with Crippen molar-refractivity contribution in [3.63, 3.8) is 0 Å². The third kappa shape index (κ3) is 4.06. The number of nitrogens with zero attached hydrogens (tertiary/aromatic N) is 1. The van der Waals surface area contributed by atoms with Crippen LogP contribution in [0.25, 0.3) is 0 Å². The highest BCUT2D eigenvalue weighted by atomic mass is 16.3. The van der Waals surface area contributed by atoms with Crippen molar-refractivity contribution in [1.29, 1.82) is 0 Å². The number of likely N-dealkylation sites (tertiary alicyclic amines) is 1. The number of para-hydroxylation sites is 1. The molecule has 6 nitrogen and oxygen atoms in total. The quantitative estimate of drug-likeness (QED) is 0.793. The van der Waals surface area contributed by atoms with Crippen molar-refractivity contribution in [2.45, 2.75) is 56.7 Å². The number of urea groups is 1. The summed E-state index contributed by atoms with van der Waals surface area (Å²) in [6.45, 7) is 0.182. The van der Waals surface area contributed by atoms with Crippen LogP contribution in [0, 0.1) is 0 Å². The molecule has 0 unspecified atom stereocenters. The van der Waals surface area contributed by atoms with Gasteiger partial charge in [-0.25, -0.2) is 4.79 Å². The summed E-state index contributed by atoms with van der Waals surface area (Å²) in [5, 5.41) is 15.8. The number of anilines is 1. The normalized spacial score (nSPS) is 24.6. The molecule has 2 aliphatic rings. The zero-order valence-corrected chi connectivity index (χ0v) is 13.8. The smallest absolute Gasteiger partial charge is 0.322 e. The molecule has 1 aliphatic heterocycles. The van der Waals surface area contributed by atoms with Gasteiger partial charge in [0.25, 0.3) is 0 Å². The molecular formula is C18H25N3O3. The molecule has 3 N–H and O–H groups in total. The Bertz CT molecular complexity index is 572. The van der Waals surface area contributed by atoms with Crippen LogP contribution in [0.15, 0.2) is 30.3 Å². The number of aliphatic hydroxyl groups excluding tert-OH is 1. The third-order valence-corrected chi connectivity index (χ3v) is 4.82. The van der Waals surface area contributed by atoms with Gasteiger partial charge in [0, 0.05) is 24.7 Å². The minimum atomic E-state index is -0.659. The Balaban J connectivity index is 1.62. The minimum absolute atomic E-state index is 0.151. The monoisotopic (exact) mass is 331 g/mol. The van der Waals surface area contributed by atoms with Gasteiger partial charge in [0.05, 0.1) is 6.10 Å². The SMILES string of the molecule is O=C(NC1CCCCC1)[C@H]1C[C@@H](O)CN1C(=O)Nc1ccccc1. The van der Waals surface area contributed by atoms with Gasteiger partial charge >= 0.3 is 6.03 Å². The van der Waals surface area contributed by atoms with Crippen LogP contribution in [0.2, 0.25) is 0 Å². The number of hydrogen-bond donors (Lipinski definition) is 3. The van der Waals surface area contributed by atoms with E-state index in [4.69, 9.17) is 0 Å². The molecule has 3 rings (SSSR count). The van der Waals surface area contributed by atoms with E-state index in [1.165, 1.54) is 11.3 Å². The van der Waals surface area contributed by atoms with E-state index in [0.717, 1.165) is 25.7 Å². The van der Waals surface area contributed by atoms with Gasteiger partial charge in [0.1, 0.15) is 6.04 Å². The maximum Gasteiger partial charge on any atom is 0.322 e. The van der Waals surface area contributed by atoms with Crippen LogP contribution in [0.3, 0.4) is 0 Å². The Morgan fingerprint density at radius 2 is 1.79 bits per heavy atom. The molecule has 1 aromatic carbocycles. The highest BCUT2D eigenvalue weighted by molar-refractivity contribution is 5.94. The van der Waals surface area contributed by atoms with Gasteiger partial charge < -0.3 is 20.6 Å². The van der Waals surface area contributed by atoms with E-state index in [0.29, 0.717) is 12.1 Å². The second-order valence-corrected chi connectivity index (χ2v) is 6.70. The first-order valence-electron chi connectivity index (χ1n) is 8.74. The Kier molecular flexibility index (Phi) is 5.35. The zero-order valence-electron chi connectivity index (χ0n) is 13.8. The summed E-state index contributed by atoms with van der Waals surface area (Å²) in [5.41, 5.74) is 0.676. The number of aliphatic hydroxyl groups is 1. The fourth-order valence-electron chi connectivity index (χ4n) is 3.55. The lowest BCUT2D eigenvalue weighted by atomic mass is 9.95. The number of nitrogens with one attached hydrogen (secondary N) is 2. The lowest BCUT2D eigenvalue weighted by Gasteiger charge is -2.28. The Labute approximate surface area is 142 Å². The average molecular weight is 331 g/mol. The van der Waals surface area contributed by atoms with Crippen molar-refractivity contribution in [2.24, 2.45) is 0 Å². The molecule has 0 aromatic heterocycles. The number of benzene rings is 1. The van der Waals surface area contributed by atoms with Gasteiger partial charge in [-0.3, -0.25) is 4.79 Å². The predicted octanol–water partition coefficient (Wildman–Crippen LogP) is 2.10. The Hall–Kier alpha value is -2.08.